The third-order valence-corrected chi connectivity index (χ3v) is 5.65. The van der Waals surface area contributed by atoms with Crippen molar-refractivity contribution in [2.24, 2.45) is 0 Å². The summed E-state index contributed by atoms with van der Waals surface area (Å²) in [7, 11) is 2.96. The highest BCUT2D eigenvalue weighted by molar-refractivity contribution is 5.91. The van der Waals surface area contributed by atoms with Crippen molar-refractivity contribution in [2.75, 3.05) is 14.2 Å². The van der Waals surface area contributed by atoms with Crippen molar-refractivity contribution in [3.63, 3.8) is 0 Å². The number of nitrogens with one attached hydrogen (secondary N) is 1. The fraction of sp³-hybridized carbons (Fsp3) is 0.192. The minimum atomic E-state index is -0.788. The van der Waals surface area contributed by atoms with Gasteiger partial charge in [-0.2, -0.15) is 9.78 Å². The zero-order valence-electron chi connectivity index (χ0n) is 20.1. The second kappa shape index (κ2) is 10.7. The lowest BCUT2D eigenvalue weighted by Crippen LogP contribution is -2.46. The summed E-state index contributed by atoms with van der Waals surface area (Å²) in [6.07, 6.45) is 3.23. The first-order valence-corrected chi connectivity index (χ1v) is 11.1. The average molecular weight is 488 g/mol. The molecule has 0 bridgehead atoms. The van der Waals surface area contributed by atoms with Gasteiger partial charge in [-0.3, -0.25) is 19.1 Å². The Morgan fingerprint density at radius 1 is 1.00 bits per heavy atom. The molecule has 0 aliphatic heterocycles. The van der Waals surface area contributed by atoms with E-state index in [1.165, 1.54) is 14.2 Å². The molecule has 1 amide bonds. The van der Waals surface area contributed by atoms with Crippen LogP contribution in [0.4, 0.5) is 0 Å². The zero-order chi connectivity index (χ0) is 25.7. The van der Waals surface area contributed by atoms with Crippen molar-refractivity contribution in [2.45, 2.75) is 20.0 Å². The Labute approximate surface area is 206 Å². The molecule has 4 aromatic rings. The highest BCUT2D eigenvalue weighted by atomic mass is 16.5. The Kier molecular flexibility index (Phi) is 7.24. The van der Waals surface area contributed by atoms with Crippen LogP contribution in [0.2, 0.25) is 0 Å². The minimum Gasteiger partial charge on any atom is -0.493 e. The van der Waals surface area contributed by atoms with Gasteiger partial charge in [-0.1, -0.05) is 30.3 Å². The van der Waals surface area contributed by atoms with Crippen molar-refractivity contribution >= 4 is 5.91 Å². The number of carbonyl (C=O) groups excluding carboxylic acids is 1. The van der Waals surface area contributed by atoms with Crippen LogP contribution in [0.3, 0.4) is 0 Å². The van der Waals surface area contributed by atoms with Gasteiger partial charge in [0, 0.05) is 25.0 Å². The average Bonchev–Trinajstić information content (AvgIpc) is 2.91. The van der Waals surface area contributed by atoms with E-state index >= 15 is 0 Å². The Morgan fingerprint density at radius 3 is 2.47 bits per heavy atom. The molecule has 4 rings (SSSR count). The van der Waals surface area contributed by atoms with Crippen molar-refractivity contribution in [1.82, 2.24) is 24.6 Å². The second-order valence-corrected chi connectivity index (χ2v) is 7.94. The van der Waals surface area contributed by atoms with E-state index < -0.39 is 22.9 Å². The smallest absolute Gasteiger partial charge is 0.352 e. The highest BCUT2D eigenvalue weighted by Gasteiger charge is 2.21. The SMILES string of the molecule is COc1ccc(-n2nc(C(=O)NCc3cccnc3)c(=O)n(Cc3ccccc3C)c2=O)cc1OC. The maximum absolute atomic E-state index is 13.5. The van der Waals surface area contributed by atoms with Gasteiger partial charge in [0.05, 0.1) is 26.5 Å². The number of benzene rings is 2. The number of aromatic nitrogens is 4. The molecule has 2 aromatic carbocycles. The molecule has 0 saturated carbocycles. The van der Waals surface area contributed by atoms with Crippen LogP contribution in [0, 0.1) is 6.92 Å². The fourth-order valence-electron chi connectivity index (χ4n) is 3.65. The lowest BCUT2D eigenvalue weighted by atomic mass is 10.1. The van der Waals surface area contributed by atoms with Crippen molar-refractivity contribution < 1.29 is 14.3 Å². The molecule has 184 valence electrons. The number of ether oxygens (including phenoxy) is 2. The highest BCUT2D eigenvalue weighted by Crippen LogP contribution is 2.28. The summed E-state index contributed by atoms with van der Waals surface area (Å²) in [5.74, 6) is 0.108. The summed E-state index contributed by atoms with van der Waals surface area (Å²) >= 11 is 0. The quantitative estimate of drug-likeness (QED) is 0.404. The molecule has 10 heteroatoms. The summed E-state index contributed by atoms with van der Waals surface area (Å²) < 4.78 is 12.6. The Morgan fingerprint density at radius 2 is 1.78 bits per heavy atom. The lowest BCUT2D eigenvalue weighted by Gasteiger charge is -2.14. The van der Waals surface area contributed by atoms with Gasteiger partial charge in [0.1, 0.15) is 0 Å². The van der Waals surface area contributed by atoms with Gasteiger partial charge in [0.15, 0.2) is 11.5 Å². The summed E-state index contributed by atoms with van der Waals surface area (Å²) in [5, 5.41) is 6.84. The van der Waals surface area contributed by atoms with E-state index in [-0.39, 0.29) is 13.1 Å². The molecule has 0 unspecified atom stereocenters. The molecule has 0 atom stereocenters. The number of methoxy groups -OCH3 is 2. The number of nitrogens with zero attached hydrogens (tertiary/aromatic N) is 4. The van der Waals surface area contributed by atoms with E-state index in [0.717, 1.165) is 25.9 Å². The van der Waals surface area contributed by atoms with E-state index in [1.807, 2.05) is 31.2 Å². The van der Waals surface area contributed by atoms with Crippen molar-refractivity contribution in [3.8, 4) is 17.2 Å². The van der Waals surface area contributed by atoms with E-state index in [4.69, 9.17) is 9.47 Å². The molecule has 0 radical (unpaired) electrons. The van der Waals surface area contributed by atoms with Crippen molar-refractivity contribution in [1.29, 1.82) is 0 Å². The molecule has 0 aliphatic rings. The van der Waals surface area contributed by atoms with Crippen LogP contribution >= 0.6 is 0 Å². The topological polar surface area (TPSA) is 117 Å². The second-order valence-electron chi connectivity index (χ2n) is 7.94. The molecule has 36 heavy (non-hydrogen) atoms. The van der Waals surface area contributed by atoms with Crippen LogP contribution < -0.4 is 26.0 Å². The standard InChI is InChI=1S/C26H25N5O5/c1-17-7-4-5-9-19(17)16-30-25(33)23(24(32)28-15-18-8-6-12-27-14-18)29-31(26(30)34)20-10-11-21(35-2)22(13-20)36-3/h4-14H,15-16H2,1-3H3,(H,28,32). The minimum absolute atomic E-state index is 0.0248. The number of hydrogen-bond acceptors (Lipinski definition) is 7. The molecule has 0 fully saturated rings. The van der Waals surface area contributed by atoms with E-state index in [9.17, 15) is 14.4 Å². The first-order chi connectivity index (χ1) is 17.4. The third-order valence-electron chi connectivity index (χ3n) is 5.65. The molecule has 0 aliphatic carbocycles. The Bertz CT molecular complexity index is 1510. The Hall–Kier alpha value is -4.73. The summed E-state index contributed by atoms with van der Waals surface area (Å²) in [4.78, 5) is 43.9. The first-order valence-electron chi connectivity index (χ1n) is 11.1. The fourth-order valence-corrected chi connectivity index (χ4v) is 3.65. The number of amides is 1. The summed E-state index contributed by atoms with van der Waals surface area (Å²) in [6, 6.07) is 15.7. The monoisotopic (exact) mass is 487 g/mol. The van der Waals surface area contributed by atoms with E-state index in [2.05, 4.69) is 15.4 Å². The van der Waals surface area contributed by atoms with Crippen LogP contribution in [-0.2, 0) is 13.1 Å². The number of pyridine rings is 1. The summed E-state index contributed by atoms with van der Waals surface area (Å²) in [5.41, 5.74) is 0.825. The van der Waals surface area contributed by atoms with Crippen LogP contribution in [0.15, 0.2) is 76.6 Å². The van der Waals surface area contributed by atoms with Gasteiger partial charge in [0.25, 0.3) is 11.5 Å². The molecule has 1 N–H and O–H groups in total. The predicted octanol–water partition coefficient (Wildman–Crippen LogP) is 2.09. The maximum atomic E-state index is 13.5. The number of hydrogen-bond donors (Lipinski definition) is 1. The largest absolute Gasteiger partial charge is 0.493 e. The molecule has 2 heterocycles. The van der Waals surface area contributed by atoms with Gasteiger partial charge >= 0.3 is 5.69 Å². The van der Waals surface area contributed by atoms with Crippen LogP contribution in [0.1, 0.15) is 27.2 Å². The van der Waals surface area contributed by atoms with Gasteiger partial charge in [-0.05, 0) is 41.8 Å². The van der Waals surface area contributed by atoms with Gasteiger partial charge in [0.2, 0.25) is 5.69 Å². The summed E-state index contributed by atoms with van der Waals surface area (Å²) in [6.45, 7) is 2.00. The maximum Gasteiger partial charge on any atom is 0.352 e. The first kappa shape index (κ1) is 24.4. The molecular weight excluding hydrogens is 462 g/mol. The number of aryl methyl sites for hydroxylation is 1. The molecule has 2 aromatic heterocycles. The van der Waals surface area contributed by atoms with Crippen LogP contribution in [0.25, 0.3) is 5.69 Å². The lowest BCUT2D eigenvalue weighted by molar-refractivity contribution is 0.0941. The zero-order valence-corrected chi connectivity index (χ0v) is 20.1. The van der Waals surface area contributed by atoms with Gasteiger partial charge in [-0.25, -0.2) is 4.79 Å². The van der Waals surface area contributed by atoms with Gasteiger partial charge in [-0.15, -0.1) is 0 Å². The molecule has 10 nitrogen and oxygen atoms in total. The molecule has 0 spiro atoms. The predicted molar refractivity (Wildman–Crippen MR) is 133 cm³/mol. The van der Waals surface area contributed by atoms with Crippen LogP contribution in [-0.4, -0.2) is 39.5 Å². The third kappa shape index (κ3) is 5.02. The normalized spacial score (nSPS) is 10.6. The van der Waals surface area contributed by atoms with E-state index in [0.29, 0.717) is 17.2 Å². The molecule has 0 saturated heterocycles. The van der Waals surface area contributed by atoms with Crippen LogP contribution in [0.5, 0.6) is 11.5 Å². The molecular formula is C26H25N5O5. The van der Waals surface area contributed by atoms with Gasteiger partial charge < -0.3 is 14.8 Å². The van der Waals surface area contributed by atoms with E-state index in [1.54, 1.807) is 42.7 Å². The Balaban J connectivity index is 1.83. The number of rotatable bonds is 8. The number of carbonyl (C=O) groups is 1. The van der Waals surface area contributed by atoms with Crippen molar-refractivity contribution in [3.05, 3.63) is 110 Å².